The van der Waals surface area contributed by atoms with Crippen molar-refractivity contribution in [3.63, 3.8) is 0 Å². The van der Waals surface area contributed by atoms with Crippen LogP contribution >= 0.6 is 24.8 Å². The first-order chi connectivity index (χ1) is 8.65. The topological polar surface area (TPSA) is 63.2 Å². The molecule has 0 fully saturated rings. The molecule has 0 unspecified atom stereocenters. The minimum Gasteiger partial charge on any atom is -0.489 e. The standard InChI is InChI=1S/C13H21N3O2.2ClH/c1-10(2)18-11-6-4-8-15-12(11)13(17)16-9-5-7-14-3;;/h4,6,8,10,14H,5,7,9H2,1-3H3,(H,16,17);2*1H. The predicted molar refractivity (Wildman–Crippen MR) is 85.4 cm³/mol. The molecule has 0 spiro atoms. The summed E-state index contributed by atoms with van der Waals surface area (Å²) in [4.78, 5) is 16.0. The van der Waals surface area contributed by atoms with Gasteiger partial charge in [0.15, 0.2) is 11.4 Å². The van der Waals surface area contributed by atoms with Crippen molar-refractivity contribution < 1.29 is 9.53 Å². The summed E-state index contributed by atoms with van der Waals surface area (Å²) >= 11 is 0. The summed E-state index contributed by atoms with van der Waals surface area (Å²) in [6.45, 7) is 5.33. The zero-order chi connectivity index (χ0) is 13.4. The van der Waals surface area contributed by atoms with Crippen LogP contribution in [0.3, 0.4) is 0 Å². The number of rotatable bonds is 7. The van der Waals surface area contributed by atoms with Gasteiger partial charge in [-0.1, -0.05) is 0 Å². The quantitative estimate of drug-likeness (QED) is 0.754. The van der Waals surface area contributed by atoms with E-state index in [1.165, 1.54) is 0 Å². The second-order valence-electron chi connectivity index (χ2n) is 4.23. The van der Waals surface area contributed by atoms with Gasteiger partial charge in [-0.05, 0) is 46.0 Å². The van der Waals surface area contributed by atoms with Gasteiger partial charge in [0.25, 0.3) is 5.91 Å². The molecule has 1 aromatic heterocycles. The minimum absolute atomic E-state index is 0. The zero-order valence-electron chi connectivity index (χ0n) is 12.0. The highest BCUT2D eigenvalue weighted by atomic mass is 35.5. The van der Waals surface area contributed by atoms with Crippen molar-refractivity contribution in [3.8, 4) is 5.75 Å². The van der Waals surface area contributed by atoms with E-state index in [0.717, 1.165) is 13.0 Å². The molecule has 0 radical (unpaired) electrons. The van der Waals surface area contributed by atoms with Crippen molar-refractivity contribution in [2.45, 2.75) is 26.4 Å². The lowest BCUT2D eigenvalue weighted by molar-refractivity contribution is 0.0942. The Labute approximate surface area is 132 Å². The third-order valence-electron chi connectivity index (χ3n) is 2.24. The maximum atomic E-state index is 11.9. The highest BCUT2D eigenvalue weighted by Crippen LogP contribution is 2.16. The zero-order valence-corrected chi connectivity index (χ0v) is 13.6. The first-order valence-electron chi connectivity index (χ1n) is 6.19. The first kappa shape index (κ1) is 21.3. The van der Waals surface area contributed by atoms with Crippen molar-refractivity contribution in [3.05, 3.63) is 24.0 Å². The highest BCUT2D eigenvalue weighted by molar-refractivity contribution is 5.94. The molecular weight excluding hydrogens is 301 g/mol. The monoisotopic (exact) mass is 323 g/mol. The van der Waals surface area contributed by atoms with Gasteiger partial charge in [-0.25, -0.2) is 4.98 Å². The SMILES string of the molecule is CNCCCNC(=O)c1ncccc1OC(C)C.Cl.Cl. The van der Waals surface area contributed by atoms with E-state index in [9.17, 15) is 4.79 Å². The van der Waals surface area contributed by atoms with Crippen LogP contribution in [0.5, 0.6) is 5.75 Å². The van der Waals surface area contributed by atoms with E-state index < -0.39 is 0 Å². The Balaban J connectivity index is 0. The molecule has 1 amide bonds. The summed E-state index contributed by atoms with van der Waals surface area (Å²) in [5.41, 5.74) is 0.343. The molecule has 0 saturated carbocycles. The Morgan fingerprint density at radius 2 is 2.05 bits per heavy atom. The smallest absolute Gasteiger partial charge is 0.273 e. The Kier molecular flexibility index (Phi) is 12.5. The third kappa shape index (κ3) is 7.53. The number of hydrogen-bond donors (Lipinski definition) is 2. The molecular formula is C13H23Cl2N3O2. The Morgan fingerprint density at radius 3 is 2.65 bits per heavy atom. The summed E-state index contributed by atoms with van der Waals surface area (Å²) < 4.78 is 5.56. The van der Waals surface area contributed by atoms with Gasteiger partial charge >= 0.3 is 0 Å². The molecule has 7 heteroatoms. The number of aromatic nitrogens is 1. The van der Waals surface area contributed by atoms with E-state index in [0.29, 0.717) is 18.0 Å². The van der Waals surface area contributed by atoms with Gasteiger partial charge in [0, 0.05) is 12.7 Å². The molecule has 5 nitrogen and oxygen atoms in total. The molecule has 1 rings (SSSR count). The molecule has 0 aliphatic rings. The molecule has 0 saturated heterocycles. The van der Waals surface area contributed by atoms with Crippen LogP contribution < -0.4 is 15.4 Å². The number of halogens is 2. The molecule has 1 aromatic rings. The predicted octanol–water partition coefficient (Wildman–Crippen LogP) is 2.05. The first-order valence-corrected chi connectivity index (χ1v) is 6.19. The molecule has 20 heavy (non-hydrogen) atoms. The molecule has 0 bridgehead atoms. The van der Waals surface area contributed by atoms with Crippen LogP contribution in [0.1, 0.15) is 30.8 Å². The molecule has 0 aromatic carbocycles. The number of amides is 1. The summed E-state index contributed by atoms with van der Waals surface area (Å²) in [5, 5.41) is 5.85. The normalized spacial score (nSPS) is 9.40. The molecule has 0 aliphatic heterocycles. The lowest BCUT2D eigenvalue weighted by atomic mass is 10.3. The van der Waals surface area contributed by atoms with Gasteiger partial charge in [-0.2, -0.15) is 0 Å². The maximum Gasteiger partial charge on any atom is 0.273 e. The van der Waals surface area contributed by atoms with Crippen LogP contribution in [0.4, 0.5) is 0 Å². The van der Waals surface area contributed by atoms with Crippen LogP contribution in [-0.2, 0) is 0 Å². The summed E-state index contributed by atoms with van der Waals surface area (Å²) in [5.74, 6) is 0.334. The molecule has 1 heterocycles. The Hall–Kier alpha value is -1.04. The lowest BCUT2D eigenvalue weighted by Crippen LogP contribution is -2.28. The molecule has 116 valence electrons. The van der Waals surface area contributed by atoms with Crippen molar-refractivity contribution in [1.29, 1.82) is 0 Å². The fourth-order valence-electron chi connectivity index (χ4n) is 1.46. The fourth-order valence-corrected chi connectivity index (χ4v) is 1.46. The van der Waals surface area contributed by atoms with E-state index >= 15 is 0 Å². The molecule has 0 atom stereocenters. The average molecular weight is 324 g/mol. The van der Waals surface area contributed by atoms with Crippen LogP contribution in [0.15, 0.2) is 18.3 Å². The van der Waals surface area contributed by atoms with Gasteiger partial charge in [0.2, 0.25) is 0 Å². The number of carbonyl (C=O) groups excluding carboxylic acids is 1. The van der Waals surface area contributed by atoms with Crippen LogP contribution in [-0.4, -0.2) is 37.1 Å². The van der Waals surface area contributed by atoms with Crippen LogP contribution in [0, 0.1) is 0 Å². The fraction of sp³-hybridized carbons (Fsp3) is 0.538. The number of pyridine rings is 1. The Bertz CT molecular complexity index is 390. The number of ether oxygens (including phenoxy) is 1. The second-order valence-corrected chi connectivity index (χ2v) is 4.23. The average Bonchev–Trinajstić information content (AvgIpc) is 2.34. The van der Waals surface area contributed by atoms with Crippen molar-refractivity contribution >= 4 is 30.7 Å². The number of hydrogen-bond acceptors (Lipinski definition) is 4. The summed E-state index contributed by atoms with van der Waals surface area (Å²) in [6, 6.07) is 3.52. The molecule has 0 aliphatic carbocycles. The van der Waals surface area contributed by atoms with Gasteiger partial charge in [0.05, 0.1) is 6.10 Å². The Morgan fingerprint density at radius 1 is 1.35 bits per heavy atom. The van der Waals surface area contributed by atoms with Gasteiger partial charge in [-0.15, -0.1) is 24.8 Å². The van der Waals surface area contributed by atoms with Gasteiger partial charge in [-0.3, -0.25) is 4.79 Å². The minimum atomic E-state index is -0.192. The second kappa shape index (κ2) is 11.8. The lowest BCUT2D eigenvalue weighted by Gasteiger charge is -2.13. The number of carbonyl (C=O) groups is 1. The third-order valence-corrected chi connectivity index (χ3v) is 2.24. The number of nitrogens with zero attached hydrogens (tertiary/aromatic N) is 1. The van der Waals surface area contributed by atoms with Crippen LogP contribution in [0.25, 0.3) is 0 Å². The van der Waals surface area contributed by atoms with E-state index in [1.54, 1.807) is 18.3 Å². The maximum absolute atomic E-state index is 11.9. The highest BCUT2D eigenvalue weighted by Gasteiger charge is 2.14. The van der Waals surface area contributed by atoms with Crippen molar-refractivity contribution in [2.24, 2.45) is 0 Å². The van der Waals surface area contributed by atoms with Crippen LogP contribution in [0.2, 0.25) is 0 Å². The summed E-state index contributed by atoms with van der Waals surface area (Å²) in [6.07, 6.45) is 2.50. The molecule has 2 N–H and O–H groups in total. The van der Waals surface area contributed by atoms with Crippen molar-refractivity contribution in [1.82, 2.24) is 15.6 Å². The van der Waals surface area contributed by atoms with E-state index in [-0.39, 0.29) is 36.8 Å². The summed E-state index contributed by atoms with van der Waals surface area (Å²) in [7, 11) is 1.88. The largest absolute Gasteiger partial charge is 0.489 e. The van der Waals surface area contributed by atoms with Crippen molar-refractivity contribution in [2.75, 3.05) is 20.1 Å². The van der Waals surface area contributed by atoms with Gasteiger partial charge in [0.1, 0.15) is 0 Å². The van der Waals surface area contributed by atoms with E-state index in [1.807, 2.05) is 20.9 Å². The number of nitrogens with one attached hydrogen (secondary N) is 2. The van der Waals surface area contributed by atoms with Gasteiger partial charge < -0.3 is 15.4 Å². The van der Waals surface area contributed by atoms with E-state index in [2.05, 4.69) is 15.6 Å². The van der Waals surface area contributed by atoms with E-state index in [4.69, 9.17) is 4.74 Å².